The topological polar surface area (TPSA) is 148 Å². The lowest BCUT2D eigenvalue weighted by atomic mass is 10.1. The maximum absolute atomic E-state index is 10.2. The van der Waals surface area contributed by atoms with Gasteiger partial charge >= 0.3 is 5.97 Å². The standard InChI is InChI=1S/C7H10O8/c8-1(3(10)6(12)13)5-2(9)4(11)7(14)15-5/h2,4-5,7-11,14H,(H,12,13)/b3-1+. The summed E-state index contributed by atoms with van der Waals surface area (Å²) in [6.45, 7) is 0. The number of carboxylic acids is 1. The summed E-state index contributed by atoms with van der Waals surface area (Å²) in [7, 11) is 0. The molecule has 0 bridgehead atoms. The number of carboxylic acid groups (broad SMARTS) is 1. The van der Waals surface area contributed by atoms with Crippen LogP contribution in [-0.4, -0.2) is 61.2 Å². The van der Waals surface area contributed by atoms with E-state index in [0.717, 1.165) is 0 Å². The van der Waals surface area contributed by atoms with Crippen LogP contribution in [0.4, 0.5) is 0 Å². The van der Waals surface area contributed by atoms with Crippen molar-refractivity contribution < 1.29 is 40.2 Å². The molecule has 86 valence electrons. The van der Waals surface area contributed by atoms with Crippen molar-refractivity contribution in [3.05, 3.63) is 11.5 Å². The van der Waals surface area contributed by atoms with E-state index >= 15 is 0 Å². The number of aliphatic carboxylic acids is 1. The summed E-state index contributed by atoms with van der Waals surface area (Å²) in [6.07, 6.45) is -6.83. The second kappa shape index (κ2) is 4.03. The van der Waals surface area contributed by atoms with E-state index < -0.39 is 42.1 Å². The molecule has 1 fully saturated rings. The van der Waals surface area contributed by atoms with E-state index in [4.69, 9.17) is 25.5 Å². The van der Waals surface area contributed by atoms with Crippen LogP contribution in [0.5, 0.6) is 0 Å². The van der Waals surface area contributed by atoms with Gasteiger partial charge in [-0.3, -0.25) is 0 Å². The van der Waals surface area contributed by atoms with Crippen molar-refractivity contribution in [1.82, 2.24) is 0 Å². The van der Waals surface area contributed by atoms with E-state index in [9.17, 15) is 9.90 Å². The normalized spacial score (nSPS) is 37.5. The Morgan fingerprint density at radius 3 is 1.87 bits per heavy atom. The van der Waals surface area contributed by atoms with Crippen molar-refractivity contribution in [2.24, 2.45) is 0 Å². The second-order valence-electron chi connectivity index (χ2n) is 2.97. The first-order valence-corrected chi connectivity index (χ1v) is 3.91. The number of ether oxygens (including phenoxy) is 1. The van der Waals surface area contributed by atoms with Crippen molar-refractivity contribution in [3.8, 4) is 0 Å². The minimum atomic E-state index is -1.82. The minimum Gasteiger partial charge on any atom is -0.506 e. The molecule has 0 amide bonds. The maximum atomic E-state index is 10.2. The third-order valence-electron chi connectivity index (χ3n) is 1.95. The second-order valence-corrected chi connectivity index (χ2v) is 2.97. The van der Waals surface area contributed by atoms with Gasteiger partial charge in [0.25, 0.3) is 0 Å². The summed E-state index contributed by atoms with van der Waals surface area (Å²) < 4.78 is 4.44. The Bertz CT molecular complexity index is 297. The zero-order valence-electron chi connectivity index (χ0n) is 7.31. The molecule has 0 aromatic heterocycles. The van der Waals surface area contributed by atoms with Gasteiger partial charge in [-0.1, -0.05) is 0 Å². The van der Waals surface area contributed by atoms with Crippen LogP contribution in [0.15, 0.2) is 11.5 Å². The van der Waals surface area contributed by atoms with E-state index in [-0.39, 0.29) is 0 Å². The highest BCUT2D eigenvalue weighted by atomic mass is 16.6. The predicted octanol–water partition coefficient (Wildman–Crippen LogP) is -2.16. The van der Waals surface area contributed by atoms with E-state index in [1.807, 2.05) is 0 Å². The maximum Gasteiger partial charge on any atom is 0.374 e. The number of hydrogen-bond donors (Lipinski definition) is 6. The lowest BCUT2D eigenvalue weighted by molar-refractivity contribution is -0.138. The van der Waals surface area contributed by atoms with Gasteiger partial charge in [0.15, 0.2) is 18.2 Å². The van der Waals surface area contributed by atoms with Crippen molar-refractivity contribution in [2.75, 3.05) is 0 Å². The molecule has 0 aromatic rings. The molecule has 0 spiro atoms. The monoisotopic (exact) mass is 222 g/mol. The molecule has 6 N–H and O–H groups in total. The van der Waals surface area contributed by atoms with Crippen LogP contribution in [0, 0.1) is 0 Å². The minimum absolute atomic E-state index is 1.16. The van der Waals surface area contributed by atoms with Crippen LogP contribution >= 0.6 is 0 Å². The number of aliphatic hydroxyl groups excluding tert-OH is 5. The third-order valence-corrected chi connectivity index (χ3v) is 1.95. The molecular weight excluding hydrogens is 212 g/mol. The van der Waals surface area contributed by atoms with Gasteiger partial charge in [0.1, 0.15) is 12.2 Å². The van der Waals surface area contributed by atoms with Gasteiger partial charge in [-0.05, 0) is 0 Å². The quantitative estimate of drug-likeness (QED) is 0.228. The number of carbonyl (C=O) groups is 1. The zero-order valence-corrected chi connectivity index (χ0v) is 7.31. The molecule has 4 unspecified atom stereocenters. The summed E-state index contributed by atoms with van der Waals surface area (Å²) in [5.41, 5.74) is 0. The molecule has 1 heterocycles. The number of rotatable bonds is 2. The van der Waals surface area contributed by atoms with E-state index in [1.54, 1.807) is 0 Å². The summed E-state index contributed by atoms with van der Waals surface area (Å²) in [5, 5.41) is 53.4. The SMILES string of the molecule is O=C(O)/C(O)=C(\O)C1OC(O)C(O)C1O. The van der Waals surface area contributed by atoms with Gasteiger partial charge in [0.05, 0.1) is 0 Å². The molecule has 8 nitrogen and oxygen atoms in total. The summed E-state index contributed by atoms with van der Waals surface area (Å²) in [5.74, 6) is -4.40. The molecule has 1 rings (SSSR count). The Labute approximate surface area is 83.3 Å². The van der Waals surface area contributed by atoms with Gasteiger partial charge in [-0.25, -0.2) is 4.79 Å². The fraction of sp³-hybridized carbons (Fsp3) is 0.571. The first kappa shape index (κ1) is 11.7. The Balaban J connectivity index is 2.91. The summed E-state index contributed by atoms with van der Waals surface area (Å²) in [4.78, 5) is 10.2. The van der Waals surface area contributed by atoms with Crippen LogP contribution in [0.3, 0.4) is 0 Å². The molecule has 0 aliphatic carbocycles. The summed E-state index contributed by atoms with van der Waals surface area (Å²) in [6, 6.07) is 0. The molecule has 1 saturated heterocycles. The van der Waals surface area contributed by atoms with Crippen molar-refractivity contribution in [3.63, 3.8) is 0 Å². The van der Waals surface area contributed by atoms with Gasteiger partial charge < -0.3 is 35.4 Å². The third kappa shape index (κ3) is 2.02. The molecule has 0 radical (unpaired) electrons. The lowest BCUT2D eigenvalue weighted by Gasteiger charge is -2.13. The molecule has 8 heteroatoms. The van der Waals surface area contributed by atoms with Crippen LogP contribution in [-0.2, 0) is 9.53 Å². The van der Waals surface area contributed by atoms with Crippen molar-refractivity contribution in [2.45, 2.75) is 24.6 Å². The van der Waals surface area contributed by atoms with Crippen LogP contribution in [0.25, 0.3) is 0 Å². The van der Waals surface area contributed by atoms with Crippen LogP contribution < -0.4 is 0 Å². The van der Waals surface area contributed by atoms with Gasteiger partial charge in [0, 0.05) is 0 Å². The number of aliphatic hydroxyl groups is 5. The highest BCUT2D eigenvalue weighted by molar-refractivity contribution is 5.84. The number of hydrogen-bond acceptors (Lipinski definition) is 7. The molecule has 0 aromatic carbocycles. The summed E-state index contributed by atoms with van der Waals surface area (Å²) >= 11 is 0. The van der Waals surface area contributed by atoms with Crippen LogP contribution in [0.2, 0.25) is 0 Å². The van der Waals surface area contributed by atoms with Gasteiger partial charge in [0.2, 0.25) is 5.76 Å². The fourth-order valence-electron chi connectivity index (χ4n) is 1.13. The Kier molecular flexibility index (Phi) is 3.15. The average molecular weight is 222 g/mol. The Hall–Kier alpha value is -1.35. The smallest absolute Gasteiger partial charge is 0.374 e. The molecule has 4 atom stereocenters. The fourth-order valence-corrected chi connectivity index (χ4v) is 1.13. The lowest BCUT2D eigenvalue weighted by Crippen LogP contribution is -2.33. The molecule has 1 aliphatic rings. The molecule has 1 aliphatic heterocycles. The van der Waals surface area contributed by atoms with Gasteiger partial charge in [-0.2, -0.15) is 0 Å². The van der Waals surface area contributed by atoms with Crippen molar-refractivity contribution >= 4 is 5.97 Å². The molecular formula is C7H10O8. The van der Waals surface area contributed by atoms with E-state index in [0.29, 0.717) is 0 Å². The predicted molar refractivity (Wildman–Crippen MR) is 42.8 cm³/mol. The Morgan fingerprint density at radius 2 is 1.53 bits per heavy atom. The van der Waals surface area contributed by atoms with Gasteiger partial charge in [-0.15, -0.1) is 0 Å². The first-order valence-electron chi connectivity index (χ1n) is 3.91. The van der Waals surface area contributed by atoms with E-state index in [1.165, 1.54) is 0 Å². The Morgan fingerprint density at radius 1 is 1.00 bits per heavy atom. The zero-order chi connectivity index (χ0) is 11.7. The largest absolute Gasteiger partial charge is 0.506 e. The van der Waals surface area contributed by atoms with E-state index in [2.05, 4.69) is 4.74 Å². The highest BCUT2D eigenvalue weighted by Crippen LogP contribution is 2.25. The average Bonchev–Trinajstić information content (AvgIpc) is 2.43. The van der Waals surface area contributed by atoms with Crippen LogP contribution in [0.1, 0.15) is 0 Å². The highest BCUT2D eigenvalue weighted by Gasteiger charge is 2.45. The molecule has 15 heavy (non-hydrogen) atoms. The van der Waals surface area contributed by atoms with Crippen molar-refractivity contribution in [1.29, 1.82) is 0 Å². The molecule has 0 saturated carbocycles. The first-order chi connectivity index (χ1) is 6.86.